The number of aliphatic hydroxyl groups excluding tert-OH is 4. The molecule has 3 aliphatic heterocycles. The van der Waals surface area contributed by atoms with Crippen LogP contribution < -0.4 is 81.4 Å². The molecule has 4 unspecified atom stereocenters. The Balaban J connectivity index is 1.19. The first kappa shape index (κ1) is 105. The van der Waals surface area contributed by atoms with Gasteiger partial charge in [0.25, 0.3) is 0 Å². The fraction of sp³-hybridized carbons (Fsp3) is 0.568. The smallest absolute Gasteiger partial charge is 0.245 e. The molecule has 3 saturated heterocycles. The summed E-state index contributed by atoms with van der Waals surface area (Å²) < 4.78 is 14.4. The molecule has 3 aliphatic rings. The molecule has 724 valence electrons. The number of nitrogens with zero attached hydrogens (tertiary/aromatic N) is 5. The Morgan fingerprint density at radius 1 is 0.583 bits per heavy atom. The molecule has 132 heavy (non-hydrogen) atoms. The number of fused-ring (bicyclic) bond motifs is 4. The summed E-state index contributed by atoms with van der Waals surface area (Å²) in [5.74, 6) is -16.3. The van der Waals surface area contributed by atoms with E-state index in [9.17, 15) is 63.2 Å². The summed E-state index contributed by atoms with van der Waals surface area (Å²) in [5, 5.41) is 85.1. The lowest BCUT2D eigenvalue weighted by atomic mass is 10.00. The molecular formula is C88H130FN23O19S. The summed E-state index contributed by atoms with van der Waals surface area (Å²) in [6.07, 6.45) is -2.01. The number of nitrogens with two attached hydrogens (primary N) is 4. The van der Waals surface area contributed by atoms with Crippen molar-refractivity contribution >= 4 is 128 Å². The molecule has 0 radical (unpaired) electrons. The normalized spacial score (nSPS) is 26.4. The van der Waals surface area contributed by atoms with E-state index >= 15 is 33.6 Å². The van der Waals surface area contributed by atoms with Crippen LogP contribution in [0, 0.1) is 17.1 Å². The van der Waals surface area contributed by atoms with Gasteiger partial charge in [0.05, 0.1) is 55.6 Å². The molecule has 5 aromatic rings. The Labute approximate surface area is 768 Å². The van der Waals surface area contributed by atoms with E-state index in [0.29, 0.717) is 64.2 Å². The number of rotatable bonds is 25. The van der Waals surface area contributed by atoms with Gasteiger partial charge in [-0.2, -0.15) is 0 Å². The van der Waals surface area contributed by atoms with Crippen LogP contribution in [0.4, 0.5) is 4.39 Å². The Morgan fingerprint density at radius 3 is 1.73 bits per heavy atom. The third kappa shape index (κ3) is 29.5. The second-order valence-corrected chi connectivity index (χ2v) is 35.3. The number of benzene rings is 3. The topological polar surface area (TPSA) is 645 Å². The fourth-order valence-electron chi connectivity index (χ4n) is 16.5. The highest BCUT2D eigenvalue weighted by atomic mass is 32.2. The molecule has 26 N–H and O–H groups in total. The van der Waals surface area contributed by atoms with Gasteiger partial charge in [0.15, 0.2) is 5.96 Å². The average Bonchev–Trinajstić information content (AvgIpc) is 1.60. The standard InChI is InChI=1S/C88H130FN23O19S/c1-9-11-24-67-80(124)100-58(23-17-31-95-88(93)94)76(120)107-66(75(119)98-42-72(92)116)45-132-46-73(117)99-61(34-49-27-29-52(89)30-28-49)83(127)108(6)48(5)74(118)102-63(38-71(91)115)85(129)111-32-18-26-68(111)81(125)105-64(39-90)78(122)103-60(33-47(3)4)86(130)112-43-53(114)37-70(112)82(126)101-59(35-50-40-96-56-21-15-13-19-54(50)56)77(121)106-65(44-113)79(123)104-62(36-51-41-97-57-22-16-14-20-55(51)57)84(128)110(8)69(25-12-10-2)87(131)109(67)7/h13-16,19-22,27-30,40-41,47-48,53,58-70,83,85,96-97,113-114,127,129H,9-12,17-18,23-26,31-39,42-46,90H2,1-8H3,(H2,91,115)(H2,92,116)(H,98,119)(H,99,117)(H,100,124)(H,101,126)(H,102,118)(H,103,122)(H,104,123)(H,105,125)(H,106,121)(H,107,120)(H4,93,94,95)/t48-,53+,58-,59-,60-,61-,62-,63?,64-,65-,66-,67-,68-,69-,70?,83?,85?/m0/s1. The third-order valence-electron chi connectivity index (χ3n) is 23.9. The third-order valence-corrected chi connectivity index (χ3v) is 25.0. The van der Waals surface area contributed by atoms with Crippen LogP contribution in [0.15, 0.2) is 85.2 Å². The predicted octanol–water partition coefficient (Wildman–Crippen LogP) is -3.92. The number of aliphatic hydroxyl groups is 4. The van der Waals surface area contributed by atoms with Crippen LogP contribution in [0.3, 0.4) is 0 Å². The van der Waals surface area contributed by atoms with Crippen LogP contribution in [0.5, 0.6) is 0 Å². The number of aromatic amines is 2. The van der Waals surface area contributed by atoms with Crippen LogP contribution in [-0.2, 0) is 91.2 Å². The molecule has 0 bridgehead atoms. The van der Waals surface area contributed by atoms with E-state index < -0.39 is 248 Å². The van der Waals surface area contributed by atoms with Crippen LogP contribution >= 0.6 is 11.8 Å². The zero-order valence-corrected chi connectivity index (χ0v) is 76.5. The number of carbonyl (C=O) groups is 15. The van der Waals surface area contributed by atoms with Gasteiger partial charge in [-0.1, -0.05) is 102 Å². The van der Waals surface area contributed by atoms with Crippen molar-refractivity contribution in [2.45, 2.75) is 240 Å². The minimum Gasteiger partial charge on any atom is -0.394 e. The first-order chi connectivity index (χ1) is 62.8. The molecule has 42 nitrogen and oxygen atoms in total. The van der Waals surface area contributed by atoms with Crippen molar-refractivity contribution in [1.82, 2.24) is 93.0 Å². The van der Waals surface area contributed by atoms with Crippen molar-refractivity contribution in [1.29, 1.82) is 5.41 Å². The average molecular weight is 1870 g/mol. The molecule has 0 saturated carbocycles. The van der Waals surface area contributed by atoms with Gasteiger partial charge in [0.2, 0.25) is 88.6 Å². The highest BCUT2D eigenvalue weighted by molar-refractivity contribution is 8.00. The Kier molecular flexibility index (Phi) is 40.4. The lowest BCUT2D eigenvalue weighted by molar-refractivity contribution is -0.149. The number of guanidine groups is 1. The summed E-state index contributed by atoms with van der Waals surface area (Å²) >= 11 is 0.780. The second-order valence-electron chi connectivity index (χ2n) is 34.3. The number of hydrogen-bond donors (Lipinski definition) is 22. The van der Waals surface area contributed by atoms with Crippen LogP contribution in [0.25, 0.3) is 21.8 Å². The van der Waals surface area contributed by atoms with Gasteiger partial charge in [-0.15, -0.1) is 11.8 Å². The maximum absolute atomic E-state index is 15.7. The molecule has 15 amide bonds. The van der Waals surface area contributed by atoms with Gasteiger partial charge in [-0.25, -0.2) is 4.39 Å². The molecule has 17 atom stereocenters. The zero-order valence-electron chi connectivity index (χ0n) is 75.7. The van der Waals surface area contributed by atoms with E-state index in [1.165, 1.54) is 45.1 Å². The molecule has 0 spiro atoms. The lowest BCUT2D eigenvalue weighted by Crippen LogP contribution is -2.62. The van der Waals surface area contributed by atoms with Crippen molar-refractivity contribution in [2.75, 3.05) is 72.0 Å². The summed E-state index contributed by atoms with van der Waals surface area (Å²) in [6, 6.07) is -2.10. The number of halogens is 1. The van der Waals surface area contributed by atoms with Gasteiger partial charge in [-0.3, -0.25) is 87.1 Å². The van der Waals surface area contributed by atoms with E-state index in [2.05, 4.69) is 68.5 Å². The van der Waals surface area contributed by atoms with Gasteiger partial charge < -0.3 is 127 Å². The quantitative estimate of drug-likeness (QED) is 0.0151. The number of amides is 15. The molecular weight excluding hydrogens is 1730 g/mol. The Hall–Kier alpha value is -11.9. The highest BCUT2D eigenvalue weighted by Gasteiger charge is 2.47. The summed E-state index contributed by atoms with van der Waals surface area (Å²) in [6.45, 7) is 5.63. The van der Waals surface area contributed by atoms with E-state index in [4.69, 9.17) is 28.3 Å². The van der Waals surface area contributed by atoms with E-state index in [1.807, 2.05) is 13.8 Å². The molecule has 5 heterocycles. The predicted molar refractivity (Wildman–Crippen MR) is 487 cm³/mol. The van der Waals surface area contributed by atoms with E-state index in [-0.39, 0.29) is 89.6 Å². The summed E-state index contributed by atoms with van der Waals surface area (Å²) in [5.41, 5.74) is 25.6. The lowest BCUT2D eigenvalue weighted by Gasteiger charge is -2.37. The molecule has 2 aromatic heterocycles. The Bertz CT molecular complexity index is 4850. The number of unbranched alkanes of at least 4 members (excludes halogenated alkanes) is 2. The summed E-state index contributed by atoms with van der Waals surface area (Å²) in [4.78, 5) is 231. The molecule has 8 rings (SSSR count). The maximum Gasteiger partial charge on any atom is 0.245 e. The van der Waals surface area contributed by atoms with Gasteiger partial charge >= 0.3 is 0 Å². The number of primary amides is 2. The minimum absolute atomic E-state index is 0.00947. The molecule has 0 aliphatic carbocycles. The number of aromatic nitrogens is 2. The number of H-pyrrole nitrogens is 2. The van der Waals surface area contributed by atoms with Gasteiger partial charge in [0, 0.05) is 99.5 Å². The highest BCUT2D eigenvalue weighted by Crippen LogP contribution is 2.28. The van der Waals surface area contributed by atoms with Crippen LogP contribution in [-0.4, -0.2) is 325 Å². The molecule has 3 fully saturated rings. The SMILES string of the molecule is CCCC[C@H]1C(=O)N(C)[C@@H](CCCC)C(=O)N[C@@H](CCCNC(=N)N)C(=O)N[C@H](C(=O)NCC(N)=O)CSCC(=O)N[C@@H](Cc2ccc(F)cc2)C(O)N(C)[C@@H](C)C(=O)NC(CC(N)=O)C(O)N2CCC[C@H]2C(=O)N[C@@H](CN)C(=O)N[C@@H](CC(C)C)C(=O)N2C[C@H](O)CC2C(=O)N[C@@H](Cc2c[nH]c3ccccc23)C(=O)N[C@@H](CO)C(=O)N[C@@H](Cc2c[nH]c3ccccc23)C(=O)N1C. The van der Waals surface area contributed by atoms with Gasteiger partial charge in [-0.05, 0) is 112 Å². The fourth-order valence-corrected chi connectivity index (χ4v) is 17.4. The number of thioether (sulfide) groups is 1. The van der Waals surface area contributed by atoms with Crippen LogP contribution in [0.1, 0.15) is 135 Å². The number of nitrogens with one attached hydrogen (secondary N) is 14. The number of likely N-dealkylation sites (N-methyl/N-ethyl adjacent to an activating group) is 3. The zero-order chi connectivity index (χ0) is 96.9. The Morgan fingerprint density at radius 2 is 1.14 bits per heavy atom. The monoisotopic (exact) mass is 1860 g/mol. The van der Waals surface area contributed by atoms with Crippen molar-refractivity contribution in [3.8, 4) is 0 Å². The first-order valence-corrected chi connectivity index (χ1v) is 45.7. The van der Waals surface area contributed by atoms with E-state index in [1.54, 1.807) is 74.8 Å². The molecule has 3 aromatic carbocycles. The summed E-state index contributed by atoms with van der Waals surface area (Å²) in [7, 11) is 4.00. The van der Waals surface area contributed by atoms with E-state index in [0.717, 1.165) is 43.5 Å². The minimum atomic E-state index is -1.89. The van der Waals surface area contributed by atoms with Crippen molar-refractivity contribution in [2.24, 2.45) is 28.9 Å². The second kappa shape index (κ2) is 50.6. The number of carbonyl (C=O) groups excluding carboxylic acids is 15. The molecule has 44 heteroatoms. The maximum atomic E-state index is 15.7. The van der Waals surface area contributed by atoms with Gasteiger partial charge in [0.1, 0.15) is 78.7 Å². The first-order valence-electron chi connectivity index (χ1n) is 44.5. The number of para-hydroxylation sites is 2. The van der Waals surface area contributed by atoms with Crippen molar-refractivity contribution in [3.05, 3.63) is 108 Å². The van der Waals surface area contributed by atoms with Crippen molar-refractivity contribution in [3.63, 3.8) is 0 Å². The largest absolute Gasteiger partial charge is 0.394 e. The van der Waals surface area contributed by atoms with Crippen molar-refractivity contribution < 1.29 is 96.7 Å². The van der Waals surface area contributed by atoms with Crippen LogP contribution in [0.2, 0.25) is 0 Å². The number of hydrogen-bond acceptors (Lipinski definition) is 24.